The maximum atomic E-state index is 4.59. The number of nitrogens with zero attached hydrogens (tertiary/aromatic N) is 2. The van der Waals surface area contributed by atoms with Crippen LogP contribution in [0.15, 0.2) is 11.4 Å². The van der Waals surface area contributed by atoms with Gasteiger partial charge in [-0.2, -0.15) is 11.8 Å². The van der Waals surface area contributed by atoms with Gasteiger partial charge in [0.25, 0.3) is 0 Å². The normalized spacial score (nSPS) is 10.9. The number of thiophene rings is 1. The van der Waals surface area contributed by atoms with Gasteiger partial charge in [0.1, 0.15) is 16.5 Å². The molecule has 1 N–H and O–H groups in total. The molecule has 0 bridgehead atoms. The lowest BCUT2D eigenvalue weighted by Crippen LogP contribution is -1.99. The predicted molar refractivity (Wildman–Crippen MR) is 78.0 cm³/mol. The van der Waals surface area contributed by atoms with Gasteiger partial charge < -0.3 is 5.32 Å². The fourth-order valence-corrected chi connectivity index (χ4v) is 3.30. The fraction of sp³-hybridized carbons (Fsp3) is 0.500. The van der Waals surface area contributed by atoms with Crippen LogP contribution in [-0.2, 0) is 5.75 Å². The maximum Gasteiger partial charge on any atom is 0.142 e. The molecule has 0 fully saturated rings. The molecule has 0 saturated carbocycles. The Morgan fingerprint density at radius 2 is 2.29 bits per heavy atom. The molecule has 0 aliphatic carbocycles. The Hall–Kier alpha value is -0.810. The van der Waals surface area contributed by atoms with Crippen molar-refractivity contribution in [1.82, 2.24) is 9.97 Å². The quantitative estimate of drug-likeness (QED) is 0.809. The minimum Gasteiger partial charge on any atom is -0.372 e. The van der Waals surface area contributed by atoms with Crippen molar-refractivity contribution in [3.63, 3.8) is 0 Å². The number of fused-ring (bicyclic) bond motifs is 1. The SMILES string of the molecule is CCCCSCc1nc(NC)c2ccsc2n1. The minimum atomic E-state index is 0.905. The lowest BCUT2D eigenvalue weighted by Gasteiger charge is -2.05. The Labute approximate surface area is 110 Å². The molecule has 2 heterocycles. The maximum absolute atomic E-state index is 4.59. The number of thioether (sulfide) groups is 1. The number of unbranched alkanes of at least 4 members (excludes halogenated alkanes) is 1. The third kappa shape index (κ3) is 3.10. The van der Waals surface area contributed by atoms with Crippen molar-refractivity contribution in [3.05, 3.63) is 17.3 Å². The molecular weight excluding hydrogens is 250 g/mol. The first-order valence-electron chi connectivity index (χ1n) is 5.84. The summed E-state index contributed by atoms with van der Waals surface area (Å²) in [6, 6.07) is 2.07. The Kier molecular flexibility index (Phi) is 4.62. The highest BCUT2D eigenvalue weighted by Crippen LogP contribution is 2.25. The molecule has 3 nitrogen and oxygen atoms in total. The van der Waals surface area contributed by atoms with Crippen LogP contribution in [0, 0.1) is 0 Å². The number of hydrogen-bond acceptors (Lipinski definition) is 5. The molecule has 0 unspecified atom stereocenters. The number of anilines is 1. The second-order valence-electron chi connectivity index (χ2n) is 3.78. The van der Waals surface area contributed by atoms with Crippen molar-refractivity contribution in [3.8, 4) is 0 Å². The van der Waals surface area contributed by atoms with Crippen molar-refractivity contribution in [2.45, 2.75) is 25.5 Å². The van der Waals surface area contributed by atoms with E-state index in [0.29, 0.717) is 0 Å². The van der Waals surface area contributed by atoms with Crippen molar-refractivity contribution in [2.75, 3.05) is 18.1 Å². The van der Waals surface area contributed by atoms with Gasteiger partial charge in [-0.25, -0.2) is 9.97 Å². The van der Waals surface area contributed by atoms with Gasteiger partial charge in [0, 0.05) is 7.05 Å². The summed E-state index contributed by atoms with van der Waals surface area (Å²) >= 11 is 3.59. The standard InChI is InChI=1S/C12H17N3S2/c1-3-4-6-16-8-10-14-11(13-2)9-5-7-17-12(9)15-10/h5,7H,3-4,6,8H2,1-2H3,(H,13,14,15). The van der Waals surface area contributed by atoms with Crippen LogP contribution in [0.3, 0.4) is 0 Å². The van der Waals surface area contributed by atoms with Gasteiger partial charge in [-0.3, -0.25) is 0 Å². The topological polar surface area (TPSA) is 37.8 Å². The second kappa shape index (κ2) is 6.21. The first-order valence-corrected chi connectivity index (χ1v) is 7.88. The number of aromatic nitrogens is 2. The second-order valence-corrected chi connectivity index (χ2v) is 5.78. The number of hydrogen-bond donors (Lipinski definition) is 1. The molecule has 2 aromatic heterocycles. The highest BCUT2D eigenvalue weighted by molar-refractivity contribution is 7.98. The van der Waals surface area contributed by atoms with E-state index < -0.39 is 0 Å². The summed E-state index contributed by atoms with van der Waals surface area (Å²) in [7, 11) is 1.91. The molecule has 0 saturated heterocycles. The molecule has 0 aromatic carbocycles. The first kappa shape index (κ1) is 12.6. The van der Waals surface area contributed by atoms with Crippen LogP contribution in [0.2, 0.25) is 0 Å². The Morgan fingerprint density at radius 3 is 3.06 bits per heavy atom. The summed E-state index contributed by atoms with van der Waals surface area (Å²) in [6.07, 6.45) is 2.52. The monoisotopic (exact) mass is 267 g/mol. The van der Waals surface area contributed by atoms with Crippen molar-refractivity contribution in [1.29, 1.82) is 0 Å². The van der Waals surface area contributed by atoms with Gasteiger partial charge in [-0.05, 0) is 23.6 Å². The number of rotatable bonds is 6. The molecule has 0 atom stereocenters. The van der Waals surface area contributed by atoms with Crippen LogP contribution >= 0.6 is 23.1 Å². The predicted octanol–water partition coefficient (Wildman–Crippen LogP) is 3.77. The first-order chi connectivity index (χ1) is 8.35. The zero-order valence-electron chi connectivity index (χ0n) is 10.2. The van der Waals surface area contributed by atoms with E-state index in [1.807, 2.05) is 18.8 Å². The van der Waals surface area contributed by atoms with E-state index in [0.717, 1.165) is 27.6 Å². The van der Waals surface area contributed by atoms with Crippen molar-refractivity contribution < 1.29 is 0 Å². The van der Waals surface area contributed by atoms with Crippen molar-refractivity contribution in [2.24, 2.45) is 0 Å². The Morgan fingerprint density at radius 1 is 1.41 bits per heavy atom. The molecular formula is C12H17N3S2. The van der Waals surface area contributed by atoms with Crippen LogP contribution in [-0.4, -0.2) is 22.8 Å². The minimum absolute atomic E-state index is 0.905. The molecule has 92 valence electrons. The number of nitrogens with one attached hydrogen (secondary N) is 1. The molecule has 0 spiro atoms. The van der Waals surface area contributed by atoms with Gasteiger partial charge in [-0.15, -0.1) is 11.3 Å². The van der Waals surface area contributed by atoms with Crippen LogP contribution in [0.1, 0.15) is 25.6 Å². The zero-order valence-corrected chi connectivity index (χ0v) is 11.8. The largest absolute Gasteiger partial charge is 0.372 e. The van der Waals surface area contributed by atoms with Gasteiger partial charge in [0.15, 0.2) is 0 Å². The summed E-state index contributed by atoms with van der Waals surface area (Å²) in [4.78, 5) is 10.2. The Bertz CT molecular complexity index is 482. The highest BCUT2D eigenvalue weighted by Gasteiger charge is 2.07. The van der Waals surface area contributed by atoms with E-state index in [1.54, 1.807) is 11.3 Å². The molecule has 2 rings (SSSR count). The molecule has 17 heavy (non-hydrogen) atoms. The van der Waals surface area contributed by atoms with E-state index in [4.69, 9.17) is 0 Å². The van der Waals surface area contributed by atoms with Gasteiger partial charge in [-0.1, -0.05) is 13.3 Å². The zero-order chi connectivity index (χ0) is 12.1. The summed E-state index contributed by atoms with van der Waals surface area (Å²) < 4.78 is 0. The average Bonchev–Trinajstić information content (AvgIpc) is 2.81. The Balaban J connectivity index is 2.11. The van der Waals surface area contributed by atoms with E-state index in [2.05, 4.69) is 33.7 Å². The molecule has 0 aliphatic heterocycles. The van der Waals surface area contributed by atoms with E-state index in [1.165, 1.54) is 18.6 Å². The van der Waals surface area contributed by atoms with Crippen LogP contribution in [0.4, 0.5) is 5.82 Å². The fourth-order valence-electron chi connectivity index (χ4n) is 1.56. The molecule has 0 radical (unpaired) electrons. The van der Waals surface area contributed by atoms with Crippen LogP contribution < -0.4 is 5.32 Å². The van der Waals surface area contributed by atoms with Crippen LogP contribution in [0.25, 0.3) is 10.2 Å². The summed E-state index contributed by atoms with van der Waals surface area (Å²) in [5.41, 5.74) is 0. The van der Waals surface area contributed by atoms with Crippen molar-refractivity contribution >= 4 is 39.1 Å². The molecule has 0 amide bonds. The lowest BCUT2D eigenvalue weighted by molar-refractivity contribution is 0.895. The van der Waals surface area contributed by atoms with E-state index in [9.17, 15) is 0 Å². The van der Waals surface area contributed by atoms with Gasteiger partial charge in [0.2, 0.25) is 0 Å². The molecule has 2 aromatic rings. The summed E-state index contributed by atoms with van der Waals surface area (Å²) in [6.45, 7) is 2.22. The third-order valence-electron chi connectivity index (χ3n) is 2.48. The van der Waals surface area contributed by atoms with Gasteiger partial charge >= 0.3 is 0 Å². The molecule has 5 heteroatoms. The van der Waals surface area contributed by atoms with Crippen LogP contribution in [0.5, 0.6) is 0 Å². The molecule has 0 aliphatic rings. The smallest absolute Gasteiger partial charge is 0.142 e. The third-order valence-corrected chi connectivity index (χ3v) is 4.33. The lowest BCUT2D eigenvalue weighted by atomic mass is 10.4. The average molecular weight is 267 g/mol. The summed E-state index contributed by atoms with van der Waals surface area (Å²) in [5.74, 6) is 3.98. The highest BCUT2D eigenvalue weighted by atomic mass is 32.2. The summed E-state index contributed by atoms with van der Waals surface area (Å²) in [5, 5.41) is 6.33. The van der Waals surface area contributed by atoms with E-state index >= 15 is 0 Å². The van der Waals surface area contributed by atoms with E-state index in [-0.39, 0.29) is 0 Å². The van der Waals surface area contributed by atoms with Gasteiger partial charge in [0.05, 0.1) is 11.1 Å².